The maximum Gasteiger partial charge on any atom is 0.258 e. The quantitative estimate of drug-likeness (QED) is 0.480. The van der Waals surface area contributed by atoms with Crippen LogP contribution in [0.1, 0.15) is 36.0 Å². The number of nitrogens with zero attached hydrogens (tertiary/aromatic N) is 4. The lowest BCUT2D eigenvalue weighted by molar-refractivity contribution is 0.0774. The first kappa shape index (κ1) is 23.3. The standard InChI is InChI=1S/C24H39N5O2Si/c1-25-14-18-6-8-19(9-7-18)29-16-27(2)24(30)21-15-26-23-20(22(21)29)10-11-28(23)17-31-12-13-32(3,4)5/h10-11,15,18-19,25H,6-9,12-14,16-17H2,1-5H3. The number of hydrogen-bond donors (Lipinski definition) is 1. The molecule has 0 spiro atoms. The van der Waals surface area contributed by atoms with E-state index in [4.69, 9.17) is 9.72 Å². The molecule has 1 saturated carbocycles. The second kappa shape index (κ2) is 9.53. The van der Waals surface area contributed by atoms with E-state index in [1.54, 1.807) is 6.20 Å². The first-order valence-corrected chi connectivity index (χ1v) is 15.7. The van der Waals surface area contributed by atoms with E-state index < -0.39 is 8.07 Å². The largest absolute Gasteiger partial charge is 0.361 e. The Kier molecular flexibility index (Phi) is 6.93. The van der Waals surface area contributed by atoms with Crippen LogP contribution in [-0.2, 0) is 11.5 Å². The van der Waals surface area contributed by atoms with Gasteiger partial charge in [0.15, 0.2) is 0 Å². The van der Waals surface area contributed by atoms with Gasteiger partial charge in [-0.1, -0.05) is 19.6 Å². The monoisotopic (exact) mass is 457 g/mol. The zero-order valence-electron chi connectivity index (χ0n) is 20.4. The Bertz CT molecular complexity index is 946. The van der Waals surface area contributed by atoms with Crippen molar-refractivity contribution in [2.75, 3.05) is 38.8 Å². The van der Waals surface area contributed by atoms with Gasteiger partial charge in [0.1, 0.15) is 12.4 Å². The molecule has 32 heavy (non-hydrogen) atoms. The van der Waals surface area contributed by atoms with E-state index >= 15 is 0 Å². The van der Waals surface area contributed by atoms with Gasteiger partial charge in [0, 0.05) is 45.6 Å². The zero-order valence-corrected chi connectivity index (χ0v) is 21.4. The molecule has 0 bridgehead atoms. The molecule has 0 unspecified atom stereocenters. The normalized spacial score (nSPS) is 22.0. The molecule has 4 rings (SSSR count). The number of pyridine rings is 1. The average Bonchev–Trinajstić information content (AvgIpc) is 3.17. The van der Waals surface area contributed by atoms with Crippen molar-refractivity contribution in [1.82, 2.24) is 19.8 Å². The summed E-state index contributed by atoms with van der Waals surface area (Å²) < 4.78 is 8.06. The second-order valence-electron chi connectivity index (χ2n) is 10.7. The number of aromatic nitrogens is 2. The maximum atomic E-state index is 13.0. The van der Waals surface area contributed by atoms with Gasteiger partial charge in [0.25, 0.3) is 5.91 Å². The van der Waals surface area contributed by atoms with E-state index in [2.05, 4.69) is 46.7 Å². The molecule has 1 aliphatic carbocycles. The maximum absolute atomic E-state index is 13.0. The van der Waals surface area contributed by atoms with Crippen LogP contribution >= 0.6 is 0 Å². The SMILES string of the molecule is CNCC1CCC(N2CN(C)C(=O)c3cnc4c(ccn4COCC[Si](C)(C)C)c32)CC1. The minimum atomic E-state index is -1.11. The molecule has 2 aromatic heterocycles. The molecule has 3 heterocycles. The highest BCUT2D eigenvalue weighted by Crippen LogP contribution is 2.39. The van der Waals surface area contributed by atoms with Gasteiger partial charge >= 0.3 is 0 Å². The number of ether oxygens (including phenoxy) is 1. The van der Waals surface area contributed by atoms with E-state index in [-0.39, 0.29) is 5.91 Å². The predicted octanol–water partition coefficient (Wildman–Crippen LogP) is 3.98. The van der Waals surface area contributed by atoms with Crippen LogP contribution in [0.4, 0.5) is 5.69 Å². The third kappa shape index (κ3) is 4.87. The molecule has 0 saturated heterocycles. The van der Waals surface area contributed by atoms with E-state index in [0.717, 1.165) is 60.2 Å². The topological polar surface area (TPSA) is 62.6 Å². The molecular formula is C24H39N5O2Si. The molecule has 1 aliphatic heterocycles. The highest BCUT2D eigenvalue weighted by molar-refractivity contribution is 6.76. The summed E-state index contributed by atoms with van der Waals surface area (Å²) in [7, 11) is 2.83. The molecule has 2 aliphatic rings. The second-order valence-corrected chi connectivity index (χ2v) is 16.4. The Morgan fingerprint density at radius 3 is 2.66 bits per heavy atom. The lowest BCUT2D eigenvalue weighted by Gasteiger charge is -2.44. The van der Waals surface area contributed by atoms with Crippen LogP contribution in [0, 0.1) is 5.92 Å². The molecular weight excluding hydrogens is 418 g/mol. The summed E-state index contributed by atoms with van der Waals surface area (Å²) in [6, 6.07) is 3.72. The minimum absolute atomic E-state index is 0.0636. The van der Waals surface area contributed by atoms with E-state index in [0.29, 0.717) is 19.4 Å². The fraction of sp³-hybridized carbons (Fsp3) is 0.667. The van der Waals surface area contributed by atoms with Crippen molar-refractivity contribution in [2.24, 2.45) is 5.92 Å². The van der Waals surface area contributed by atoms with Crippen LogP contribution in [0.15, 0.2) is 18.5 Å². The first-order valence-electron chi connectivity index (χ1n) is 12.0. The molecule has 1 fully saturated rings. The first-order chi connectivity index (χ1) is 15.3. The zero-order chi connectivity index (χ0) is 22.9. The third-order valence-corrected chi connectivity index (χ3v) is 8.67. The number of carbonyl (C=O) groups is 1. The molecule has 1 amide bonds. The fourth-order valence-electron chi connectivity index (χ4n) is 5.05. The Hall–Kier alpha value is -1.90. The van der Waals surface area contributed by atoms with Gasteiger partial charge < -0.3 is 24.4 Å². The number of carbonyl (C=O) groups excluding carboxylic acids is 1. The molecule has 1 N–H and O–H groups in total. The summed E-state index contributed by atoms with van der Waals surface area (Å²) in [6.07, 6.45) is 8.62. The molecule has 2 aromatic rings. The van der Waals surface area contributed by atoms with Crippen LogP contribution < -0.4 is 10.2 Å². The van der Waals surface area contributed by atoms with Gasteiger partial charge in [-0.2, -0.15) is 0 Å². The van der Waals surface area contributed by atoms with Crippen LogP contribution in [0.3, 0.4) is 0 Å². The summed E-state index contributed by atoms with van der Waals surface area (Å²) in [5.74, 6) is 0.820. The number of anilines is 1. The fourth-order valence-corrected chi connectivity index (χ4v) is 5.81. The van der Waals surface area contributed by atoms with E-state index in [1.165, 1.54) is 12.8 Å². The van der Waals surface area contributed by atoms with Crippen LogP contribution in [0.5, 0.6) is 0 Å². The van der Waals surface area contributed by atoms with Crippen LogP contribution in [0.2, 0.25) is 25.7 Å². The van der Waals surface area contributed by atoms with Crippen LogP contribution in [-0.4, -0.2) is 68.4 Å². The summed E-state index contributed by atoms with van der Waals surface area (Å²) in [4.78, 5) is 21.9. The number of amides is 1. The Morgan fingerprint density at radius 2 is 1.97 bits per heavy atom. The van der Waals surface area contributed by atoms with Crippen molar-refractivity contribution in [3.8, 4) is 0 Å². The number of fused-ring (bicyclic) bond motifs is 3. The van der Waals surface area contributed by atoms with Gasteiger partial charge in [-0.05, 0) is 57.3 Å². The van der Waals surface area contributed by atoms with Crippen molar-refractivity contribution in [3.05, 3.63) is 24.0 Å². The highest BCUT2D eigenvalue weighted by Gasteiger charge is 2.35. The van der Waals surface area contributed by atoms with Crippen LogP contribution in [0.25, 0.3) is 11.0 Å². The number of rotatable bonds is 8. The van der Waals surface area contributed by atoms with Gasteiger partial charge in [0.05, 0.1) is 17.9 Å². The third-order valence-electron chi connectivity index (χ3n) is 6.97. The minimum Gasteiger partial charge on any atom is -0.361 e. The Balaban J connectivity index is 1.58. The van der Waals surface area contributed by atoms with Crippen molar-refractivity contribution < 1.29 is 9.53 Å². The lowest BCUT2D eigenvalue weighted by Crippen LogP contribution is -2.50. The van der Waals surface area contributed by atoms with Gasteiger partial charge in [-0.25, -0.2) is 4.98 Å². The summed E-state index contributed by atoms with van der Waals surface area (Å²) in [5, 5.41) is 4.39. The highest BCUT2D eigenvalue weighted by atomic mass is 28.3. The Labute approximate surface area is 193 Å². The van der Waals surface area contributed by atoms with Gasteiger partial charge in [-0.15, -0.1) is 0 Å². The van der Waals surface area contributed by atoms with Crippen molar-refractivity contribution in [3.63, 3.8) is 0 Å². The molecule has 0 aromatic carbocycles. The van der Waals surface area contributed by atoms with Crippen molar-refractivity contribution in [1.29, 1.82) is 0 Å². The van der Waals surface area contributed by atoms with Gasteiger partial charge in [-0.3, -0.25) is 4.79 Å². The molecule has 7 nitrogen and oxygen atoms in total. The van der Waals surface area contributed by atoms with Crippen molar-refractivity contribution >= 4 is 30.7 Å². The summed E-state index contributed by atoms with van der Waals surface area (Å²) in [5.41, 5.74) is 2.69. The smallest absolute Gasteiger partial charge is 0.258 e. The lowest BCUT2D eigenvalue weighted by atomic mass is 9.84. The Morgan fingerprint density at radius 1 is 1.22 bits per heavy atom. The number of nitrogens with one attached hydrogen (secondary N) is 1. The molecule has 8 heteroatoms. The van der Waals surface area contributed by atoms with Gasteiger partial charge in [0.2, 0.25) is 0 Å². The van der Waals surface area contributed by atoms with E-state index in [1.807, 2.05) is 19.0 Å². The summed E-state index contributed by atoms with van der Waals surface area (Å²) in [6.45, 7) is 10.1. The number of hydrogen-bond acceptors (Lipinski definition) is 5. The molecule has 0 atom stereocenters. The average molecular weight is 458 g/mol. The molecule has 176 valence electrons. The van der Waals surface area contributed by atoms with Crippen molar-refractivity contribution in [2.45, 2.75) is 64.1 Å². The predicted molar refractivity (Wildman–Crippen MR) is 133 cm³/mol. The molecule has 0 radical (unpaired) electrons. The van der Waals surface area contributed by atoms with E-state index in [9.17, 15) is 4.79 Å². The summed E-state index contributed by atoms with van der Waals surface area (Å²) >= 11 is 0.